The third kappa shape index (κ3) is 3.45. The number of hydrogen-bond acceptors (Lipinski definition) is 3. The number of benzene rings is 2. The van der Waals surface area contributed by atoms with Crippen LogP contribution in [0.2, 0.25) is 0 Å². The zero-order valence-electron chi connectivity index (χ0n) is 10.9. The van der Waals surface area contributed by atoms with Crippen molar-refractivity contribution in [2.75, 3.05) is 19.1 Å². The van der Waals surface area contributed by atoms with Crippen LogP contribution in [-0.4, -0.2) is 19.3 Å². The van der Waals surface area contributed by atoms with Crippen molar-refractivity contribution < 1.29 is 9.47 Å². The molecule has 98 valence electrons. The summed E-state index contributed by atoms with van der Waals surface area (Å²) in [4.78, 5) is 1.82. The van der Waals surface area contributed by atoms with E-state index in [0.29, 0.717) is 10.9 Å². The van der Waals surface area contributed by atoms with Crippen LogP contribution in [0.3, 0.4) is 0 Å². The molecule has 0 spiro atoms. The van der Waals surface area contributed by atoms with Gasteiger partial charge in [-0.1, -0.05) is 18.2 Å². The Morgan fingerprint density at radius 2 is 1.53 bits per heavy atom. The molecule has 0 unspecified atom stereocenters. The van der Waals surface area contributed by atoms with Crippen LogP contribution >= 0.6 is 12.2 Å². The second-order valence-electron chi connectivity index (χ2n) is 3.94. The number of nitrogens with zero attached hydrogens (tertiary/aromatic N) is 1. The van der Waals surface area contributed by atoms with Crippen LogP contribution < -0.4 is 14.4 Å². The minimum Gasteiger partial charge on any atom is -0.497 e. The summed E-state index contributed by atoms with van der Waals surface area (Å²) in [6.45, 7) is 0. The molecule has 0 aliphatic heterocycles. The fourth-order valence-electron chi connectivity index (χ4n) is 1.57. The normalized spacial score (nSPS) is 9.79. The predicted molar refractivity (Wildman–Crippen MR) is 81.1 cm³/mol. The Bertz CT molecular complexity index is 540. The Hall–Kier alpha value is -2.07. The van der Waals surface area contributed by atoms with Gasteiger partial charge in [-0.3, -0.25) is 0 Å². The number of anilines is 1. The van der Waals surface area contributed by atoms with Crippen LogP contribution in [0.5, 0.6) is 11.5 Å². The number of methoxy groups -OCH3 is 1. The molecule has 0 saturated heterocycles. The maximum atomic E-state index is 5.63. The molecule has 2 aromatic carbocycles. The van der Waals surface area contributed by atoms with Gasteiger partial charge in [-0.05, 0) is 48.6 Å². The smallest absolute Gasteiger partial charge is 0.269 e. The fourth-order valence-corrected chi connectivity index (χ4v) is 1.77. The molecule has 0 radical (unpaired) electrons. The highest BCUT2D eigenvalue weighted by molar-refractivity contribution is 7.80. The molecular weight excluding hydrogens is 258 g/mol. The third-order valence-corrected chi connectivity index (χ3v) is 3.04. The van der Waals surface area contributed by atoms with Crippen LogP contribution in [0, 0.1) is 0 Å². The molecule has 0 heterocycles. The SMILES string of the molecule is COc1ccc(OC(=S)N(C)c2ccccc2)cc1. The second-order valence-corrected chi connectivity index (χ2v) is 4.29. The number of rotatable bonds is 3. The average Bonchev–Trinajstić information content (AvgIpc) is 2.48. The lowest BCUT2D eigenvalue weighted by Gasteiger charge is -2.19. The minimum atomic E-state index is 0.399. The van der Waals surface area contributed by atoms with Crippen molar-refractivity contribution in [2.45, 2.75) is 0 Å². The van der Waals surface area contributed by atoms with Gasteiger partial charge in [0.05, 0.1) is 7.11 Å². The van der Waals surface area contributed by atoms with Crippen molar-refractivity contribution in [3.8, 4) is 11.5 Å². The molecule has 2 aromatic rings. The molecule has 0 saturated carbocycles. The molecule has 3 nitrogen and oxygen atoms in total. The average molecular weight is 273 g/mol. The maximum absolute atomic E-state index is 5.63. The first kappa shape index (κ1) is 13.4. The fraction of sp³-hybridized carbons (Fsp3) is 0.133. The van der Waals surface area contributed by atoms with Crippen LogP contribution in [0.25, 0.3) is 0 Å². The number of ether oxygens (including phenoxy) is 2. The van der Waals surface area contributed by atoms with Gasteiger partial charge >= 0.3 is 0 Å². The van der Waals surface area contributed by atoms with E-state index in [4.69, 9.17) is 21.7 Å². The Balaban J connectivity index is 2.04. The summed E-state index contributed by atoms with van der Waals surface area (Å²) in [6, 6.07) is 17.1. The molecule has 0 aliphatic rings. The van der Waals surface area contributed by atoms with E-state index in [1.807, 2.05) is 66.5 Å². The van der Waals surface area contributed by atoms with E-state index in [1.54, 1.807) is 7.11 Å². The van der Waals surface area contributed by atoms with Crippen LogP contribution in [-0.2, 0) is 0 Å². The van der Waals surface area contributed by atoms with Gasteiger partial charge in [0.1, 0.15) is 11.5 Å². The molecule has 0 fully saturated rings. The van der Waals surface area contributed by atoms with Crippen molar-refractivity contribution in [3.63, 3.8) is 0 Å². The first-order valence-corrected chi connectivity index (χ1v) is 6.26. The lowest BCUT2D eigenvalue weighted by Crippen LogP contribution is -2.29. The van der Waals surface area contributed by atoms with E-state index >= 15 is 0 Å². The van der Waals surface area contributed by atoms with Gasteiger partial charge in [0.15, 0.2) is 0 Å². The van der Waals surface area contributed by atoms with Crippen LogP contribution in [0.4, 0.5) is 5.69 Å². The molecule has 0 aliphatic carbocycles. The van der Waals surface area contributed by atoms with Gasteiger partial charge in [-0.2, -0.15) is 0 Å². The van der Waals surface area contributed by atoms with E-state index in [9.17, 15) is 0 Å². The summed E-state index contributed by atoms with van der Waals surface area (Å²) in [6.07, 6.45) is 0. The second kappa shape index (κ2) is 6.20. The van der Waals surface area contributed by atoms with Gasteiger partial charge in [0.25, 0.3) is 5.17 Å². The highest BCUT2D eigenvalue weighted by atomic mass is 32.1. The molecule has 0 atom stereocenters. The topological polar surface area (TPSA) is 21.7 Å². The van der Waals surface area contributed by atoms with Crippen LogP contribution in [0.1, 0.15) is 0 Å². The molecule has 0 amide bonds. The quantitative estimate of drug-likeness (QED) is 0.798. The van der Waals surface area contributed by atoms with Crippen LogP contribution in [0.15, 0.2) is 54.6 Å². The highest BCUT2D eigenvalue weighted by Gasteiger charge is 2.08. The molecule has 19 heavy (non-hydrogen) atoms. The third-order valence-electron chi connectivity index (χ3n) is 2.68. The monoisotopic (exact) mass is 273 g/mol. The zero-order chi connectivity index (χ0) is 13.7. The predicted octanol–water partition coefficient (Wildman–Crippen LogP) is 3.50. The Morgan fingerprint density at radius 1 is 0.947 bits per heavy atom. The summed E-state index contributed by atoms with van der Waals surface area (Å²) in [5.74, 6) is 1.48. The highest BCUT2D eigenvalue weighted by Crippen LogP contribution is 2.19. The molecule has 0 aromatic heterocycles. The summed E-state index contributed by atoms with van der Waals surface area (Å²) in [5.41, 5.74) is 0.987. The lowest BCUT2D eigenvalue weighted by molar-refractivity contribution is 0.414. The largest absolute Gasteiger partial charge is 0.497 e. The van der Waals surface area contributed by atoms with Crippen molar-refractivity contribution >= 4 is 23.1 Å². The van der Waals surface area contributed by atoms with E-state index in [1.165, 1.54) is 0 Å². The number of thiocarbonyl (C=S) groups is 1. The molecule has 2 rings (SSSR count). The van der Waals surface area contributed by atoms with E-state index in [2.05, 4.69) is 0 Å². The van der Waals surface area contributed by atoms with Crippen molar-refractivity contribution in [3.05, 3.63) is 54.6 Å². The summed E-state index contributed by atoms with van der Waals surface area (Å²) < 4.78 is 10.7. The molecular formula is C15H15NO2S. The van der Waals surface area contributed by atoms with E-state index in [-0.39, 0.29) is 0 Å². The first-order valence-electron chi connectivity index (χ1n) is 5.85. The summed E-state index contributed by atoms with van der Waals surface area (Å²) in [5, 5.41) is 0.399. The Morgan fingerprint density at radius 3 is 2.11 bits per heavy atom. The van der Waals surface area contributed by atoms with Crippen molar-refractivity contribution in [1.29, 1.82) is 0 Å². The summed E-state index contributed by atoms with van der Waals surface area (Å²) in [7, 11) is 3.50. The molecule has 0 bridgehead atoms. The maximum Gasteiger partial charge on any atom is 0.269 e. The zero-order valence-corrected chi connectivity index (χ0v) is 11.7. The summed E-state index contributed by atoms with van der Waals surface area (Å²) >= 11 is 5.27. The van der Waals surface area contributed by atoms with Gasteiger partial charge in [-0.15, -0.1) is 0 Å². The Kier molecular flexibility index (Phi) is 4.36. The van der Waals surface area contributed by atoms with Crippen molar-refractivity contribution in [1.82, 2.24) is 0 Å². The van der Waals surface area contributed by atoms with E-state index < -0.39 is 0 Å². The minimum absolute atomic E-state index is 0.399. The standard InChI is InChI=1S/C15H15NO2S/c1-16(12-6-4-3-5-7-12)15(19)18-14-10-8-13(17-2)9-11-14/h3-11H,1-2H3. The van der Waals surface area contributed by atoms with Gasteiger partial charge < -0.3 is 14.4 Å². The number of hydrogen-bond donors (Lipinski definition) is 0. The Labute approximate surface area is 118 Å². The van der Waals surface area contributed by atoms with Gasteiger partial charge in [0, 0.05) is 12.7 Å². The van der Waals surface area contributed by atoms with Crippen molar-refractivity contribution in [2.24, 2.45) is 0 Å². The van der Waals surface area contributed by atoms with E-state index in [0.717, 1.165) is 11.4 Å². The first-order chi connectivity index (χ1) is 9.20. The van der Waals surface area contributed by atoms with Gasteiger partial charge in [0.2, 0.25) is 0 Å². The van der Waals surface area contributed by atoms with Gasteiger partial charge in [-0.25, -0.2) is 0 Å². The number of para-hydroxylation sites is 1. The molecule has 0 N–H and O–H groups in total. The molecule has 4 heteroatoms. The lowest BCUT2D eigenvalue weighted by atomic mass is 10.3.